The van der Waals surface area contributed by atoms with Crippen LogP contribution in [0.25, 0.3) is 0 Å². The molecule has 0 bridgehead atoms. The Hall–Kier alpha value is -1.16. The highest BCUT2D eigenvalue weighted by Gasteiger charge is 2.27. The fraction of sp³-hybridized carbons (Fsp3) is 0.600. The summed E-state index contributed by atoms with van der Waals surface area (Å²) in [6.45, 7) is 5.15. The Morgan fingerprint density at radius 2 is 2.15 bits per heavy atom. The van der Waals surface area contributed by atoms with Crippen molar-refractivity contribution in [2.24, 2.45) is 5.73 Å². The van der Waals surface area contributed by atoms with E-state index < -0.39 is 21.5 Å². The van der Waals surface area contributed by atoms with Gasteiger partial charge in [0, 0.05) is 12.1 Å². The highest BCUT2D eigenvalue weighted by molar-refractivity contribution is 7.89. The molecule has 4 N–H and O–H groups in total. The molecule has 10 heteroatoms. The van der Waals surface area contributed by atoms with E-state index in [1.54, 1.807) is 20.8 Å². The number of nitrogens with one attached hydrogen (secondary N) is 2. The third-order valence-electron chi connectivity index (χ3n) is 2.09. The number of carbonyl (C=O) groups excluding carboxylic acids is 1. The molecule has 1 aromatic rings. The summed E-state index contributed by atoms with van der Waals surface area (Å²) in [5, 5.41) is 5.52. The Labute approximate surface area is 123 Å². The van der Waals surface area contributed by atoms with Crippen LogP contribution in [0.5, 0.6) is 0 Å². The predicted molar refractivity (Wildman–Crippen MR) is 75.2 cm³/mol. The molecule has 0 aliphatic carbocycles. The van der Waals surface area contributed by atoms with Gasteiger partial charge in [0.15, 0.2) is 5.03 Å². The van der Waals surface area contributed by atoms with Crippen LogP contribution in [-0.2, 0) is 14.8 Å². The maximum Gasteiger partial charge on any atom is 0.342 e. The van der Waals surface area contributed by atoms with Crippen LogP contribution in [-0.4, -0.2) is 43.3 Å². The summed E-state index contributed by atoms with van der Waals surface area (Å²) in [7, 11) is -3.89. The lowest BCUT2D eigenvalue weighted by Crippen LogP contribution is -2.45. The molecule has 0 atom stereocenters. The Bertz CT molecular complexity index is 550. The van der Waals surface area contributed by atoms with Gasteiger partial charge in [0.1, 0.15) is 5.56 Å². The Balaban J connectivity index is 0.00000361. The normalized spacial score (nSPS) is 11.8. The monoisotopic (exact) mass is 326 g/mol. The van der Waals surface area contributed by atoms with Gasteiger partial charge in [0.2, 0.25) is 0 Å². The molecule has 1 aromatic heterocycles. The minimum atomic E-state index is -3.89. The van der Waals surface area contributed by atoms with Crippen molar-refractivity contribution in [3.8, 4) is 0 Å². The fourth-order valence-corrected chi connectivity index (χ4v) is 2.49. The van der Waals surface area contributed by atoms with Crippen molar-refractivity contribution in [2.75, 3.05) is 13.2 Å². The number of carbonyl (C=O) groups is 1. The summed E-state index contributed by atoms with van der Waals surface area (Å²) in [6, 6.07) is 0. The van der Waals surface area contributed by atoms with Crippen molar-refractivity contribution in [2.45, 2.75) is 31.3 Å². The van der Waals surface area contributed by atoms with Crippen molar-refractivity contribution in [3.05, 3.63) is 11.8 Å². The third-order valence-corrected chi connectivity index (χ3v) is 3.46. The van der Waals surface area contributed by atoms with Crippen molar-refractivity contribution < 1.29 is 17.9 Å². The topological polar surface area (TPSA) is 127 Å². The molecular weight excluding hydrogens is 308 g/mol. The highest BCUT2D eigenvalue weighted by atomic mass is 35.5. The number of hydrogen-bond donors (Lipinski definition) is 3. The van der Waals surface area contributed by atoms with E-state index in [4.69, 9.17) is 10.5 Å². The molecule has 0 saturated heterocycles. The molecule has 0 spiro atoms. The smallest absolute Gasteiger partial charge is 0.342 e. The Morgan fingerprint density at radius 1 is 1.55 bits per heavy atom. The van der Waals surface area contributed by atoms with Gasteiger partial charge in [-0.2, -0.15) is 5.10 Å². The molecule has 0 aliphatic heterocycles. The summed E-state index contributed by atoms with van der Waals surface area (Å²) in [6.07, 6.45) is 1.11. The van der Waals surface area contributed by atoms with Crippen LogP contribution < -0.4 is 10.5 Å². The lowest BCUT2D eigenvalue weighted by Gasteiger charge is -2.18. The van der Waals surface area contributed by atoms with Crippen LogP contribution >= 0.6 is 12.4 Å². The summed E-state index contributed by atoms with van der Waals surface area (Å²) in [5.74, 6) is -0.747. The van der Waals surface area contributed by atoms with Gasteiger partial charge < -0.3 is 10.5 Å². The van der Waals surface area contributed by atoms with E-state index in [0.29, 0.717) is 0 Å². The highest BCUT2D eigenvalue weighted by Crippen LogP contribution is 2.13. The number of rotatable bonds is 6. The Morgan fingerprint density at radius 3 is 2.65 bits per heavy atom. The zero-order valence-electron chi connectivity index (χ0n) is 11.5. The van der Waals surface area contributed by atoms with Crippen LogP contribution in [0.3, 0.4) is 0 Å². The quantitative estimate of drug-likeness (QED) is 0.632. The van der Waals surface area contributed by atoms with Gasteiger partial charge in [-0.1, -0.05) is 0 Å². The van der Waals surface area contributed by atoms with Gasteiger partial charge in [0.25, 0.3) is 10.0 Å². The molecule has 0 aromatic carbocycles. The van der Waals surface area contributed by atoms with Gasteiger partial charge in [0.05, 0.1) is 12.8 Å². The largest absolute Gasteiger partial charge is 0.462 e. The van der Waals surface area contributed by atoms with E-state index in [0.717, 1.165) is 6.20 Å². The maximum absolute atomic E-state index is 12.0. The maximum atomic E-state index is 12.0. The van der Waals surface area contributed by atoms with E-state index in [1.165, 1.54) is 0 Å². The standard InChI is InChI=1S/C10H18N4O4S.ClH/c1-4-18-9(15)7-5-12-14-8(7)19(16,17)13-6-10(2,3)11;/h5,13H,4,6,11H2,1-3H3,(H,12,14);1H. The number of sulfonamides is 1. The average molecular weight is 327 g/mol. The summed E-state index contributed by atoms with van der Waals surface area (Å²) < 4.78 is 31.1. The number of nitrogens with zero attached hydrogens (tertiary/aromatic N) is 1. The molecule has 20 heavy (non-hydrogen) atoms. The second kappa shape index (κ2) is 7.02. The molecule has 116 valence electrons. The third kappa shape index (κ3) is 5.08. The first-order valence-electron chi connectivity index (χ1n) is 5.66. The zero-order valence-corrected chi connectivity index (χ0v) is 13.1. The molecule has 0 aliphatic rings. The number of ether oxygens (including phenoxy) is 1. The molecule has 8 nitrogen and oxygen atoms in total. The SMILES string of the molecule is CCOC(=O)c1cn[nH]c1S(=O)(=O)NCC(C)(C)N.Cl. The van der Waals surface area contributed by atoms with Crippen molar-refractivity contribution in [3.63, 3.8) is 0 Å². The van der Waals surface area contributed by atoms with E-state index in [2.05, 4.69) is 14.9 Å². The minimum Gasteiger partial charge on any atom is -0.462 e. The van der Waals surface area contributed by atoms with E-state index in [9.17, 15) is 13.2 Å². The second-order valence-electron chi connectivity index (χ2n) is 4.65. The van der Waals surface area contributed by atoms with Gasteiger partial charge in [-0.15, -0.1) is 12.4 Å². The number of aromatic amines is 1. The van der Waals surface area contributed by atoms with Crippen LogP contribution in [0.15, 0.2) is 11.2 Å². The summed E-state index contributed by atoms with van der Waals surface area (Å²) >= 11 is 0. The number of hydrogen-bond acceptors (Lipinski definition) is 6. The van der Waals surface area contributed by atoms with E-state index in [1.807, 2.05) is 0 Å². The van der Waals surface area contributed by atoms with Crippen molar-refractivity contribution in [1.82, 2.24) is 14.9 Å². The minimum absolute atomic E-state index is 0. The van der Waals surface area contributed by atoms with E-state index >= 15 is 0 Å². The zero-order chi connectivity index (χ0) is 14.7. The lowest BCUT2D eigenvalue weighted by atomic mass is 10.1. The number of H-pyrrole nitrogens is 1. The molecule has 0 amide bonds. The summed E-state index contributed by atoms with van der Waals surface area (Å²) in [4.78, 5) is 11.6. The predicted octanol–water partition coefficient (Wildman–Crippen LogP) is 0.0238. The van der Waals surface area contributed by atoms with Crippen molar-refractivity contribution >= 4 is 28.4 Å². The van der Waals surface area contributed by atoms with E-state index in [-0.39, 0.29) is 36.1 Å². The van der Waals surface area contributed by atoms with Gasteiger partial charge in [-0.25, -0.2) is 17.9 Å². The number of halogens is 1. The molecule has 1 rings (SSSR count). The first-order chi connectivity index (χ1) is 8.67. The second-order valence-corrected chi connectivity index (χ2v) is 6.35. The van der Waals surface area contributed by atoms with Crippen LogP contribution in [0.1, 0.15) is 31.1 Å². The first kappa shape index (κ1) is 18.8. The van der Waals surface area contributed by atoms with Crippen molar-refractivity contribution in [1.29, 1.82) is 0 Å². The summed E-state index contributed by atoms with van der Waals surface area (Å²) in [5.41, 5.74) is 4.85. The van der Waals surface area contributed by atoms with Crippen LogP contribution in [0, 0.1) is 0 Å². The number of aromatic nitrogens is 2. The Kier molecular flexibility index (Phi) is 6.62. The van der Waals surface area contributed by atoms with Gasteiger partial charge >= 0.3 is 5.97 Å². The fourth-order valence-electron chi connectivity index (χ4n) is 1.19. The molecule has 1 heterocycles. The lowest BCUT2D eigenvalue weighted by molar-refractivity contribution is 0.0522. The first-order valence-corrected chi connectivity index (χ1v) is 7.15. The van der Waals surface area contributed by atoms with Gasteiger partial charge in [-0.05, 0) is 20.8 Å². The van der Waals surface area contributed by atoms with Gasteiger partial charge in [-0.3, -0.25) is 5.10 Å². The van der Waals surface area contributed by atoms with Crippen LogP contribution in [0.4, 0.5) is 0 Å². The molecule has 0 saturated carbocycles. The number of esters is 1. The molecular formula is C10H19ClN4O4S. The number of nitrogens with two attached hydrogens (primary N) is 1. The molecule has 0 radical (unpaired) electrons. The molecule has 0 unspecified atom stereocenters. The molecule has 0 fully saturated rings. The van der Waals surface area contributed by atoms with Crippen LogP contribution in [0.2, 0.25) is 0 Å². The average Bonchev–Trinajstić information content (AvgIpc) is 2.75.